The first kappa shape index (κ1) is 15.1. The Morgan fingerprint density at radius 2 is 2.19 bits per heavy atom. The first-order chi connectivity index (χ1) is 10.0. The van der Waals surface area contributed by atoms with Crippen LogP contribution in [0.3, 0.4) is 0 Å². The molecule has 0 spiro atoms. The van der Waals surface area contributed by atoms with Crippen LogP contribution in [0, 0.1) is 6.92 Å². The van der Waals surface area contributed by atoms with Crippen molar-refractivity contribution >= 4 is 23.4 Å². The number of methoxy groups -OCH3 is 1. The minimum atomic E-state index is -0.987. The zero-order valence-electron chi connectivity index (χ0n) is 11.7. The van der Waals surface area contributed by atoms with Gasteiger partial charge in [0.1, 0.15) is 11.6 Å². The Morgan fingerprint density at radius 1 is 1.43 bits per heavy atom. The Morgan fingerprint density at radius 3 is 2.86 bits per heavy atom. The minimum Gasteiger partial charge on any atom is -0.496 e. The molecular weight excluding hydrogens is 292 g/mol. The van der Waals surface area contributed by atoms with Crippen LogP contribution in [-0.2, 0) is 6.54 Å². The normalized spacial score (nSPS) is 10.2. The molecule has 1 aromatic heterocycles. The van der Waals surface area contributed by atoms with E-state index >= 15 is 0 Å². The highest BCUT2D eigenvalue weighted by molar-refractivity contribution is 6.31. The van der Waals surface area contributed by atoms with Gasteiger partial charge in [0.15, 0.2) is 0 Å². The van der Waals surface area contributed by atoms with E-state index in [9.17, 15) is 4.79 Å². The maximum Gasteiger partial charge on any atom is 0.335 e. The van der Waals surface area contributed by atoms with Crippen LogP contribution in [0.4, 0.5) is 5.82 Å². The summed E-state index contributed by atoms with van der Waals surface area (Å²) >= 11 is 6.15. The molecule has 2 aromatic rings. The molecule has 21 heavy (non-hydrogen) atoms. The molecule has 0 bridgehead atoms. The van der Waals surface area contributed by atoms with Gasteiger partial charge in [-0.1, -0.05) is 17.7 Å². The monoisotopic (exact) mass is 306 g/mol. The van der Waals surface area contributed by atoms with E-state index in [1.54, 1.807) is 26.2 Å². The van der Waals surface area contributed by atoms with Crippen molar-refractivity contribution < 1.29 is 14.6 Å². The Labute approximate surface area is 127 Å². The molecule has 0 aliphatic heterocycles. The van der Waals surface area contributed by atoms with E-state index in [1.165, 1.54) is 12.1 Å². The number of carboxylic acids is 1. The number of rotatable bonds is 5. The summed E-state index contributed by atoms with van der Waals surface area (Å²) in [5.41, 5.74) is 1.61. The highest BCUT2D eigenvalue weighted by Crippen LogP contribution is 2.27. The number of hydrogen-bond acceptors (Lipinski definition) is 4. The zero-order valence-corrected chi connectivity index (χ0v) is 12.4. The van der Waals surface area contributed by atoms with Crippen molar-refractivity contribution in [3.63, 3.8) is 0 Å². The summed E-state index contributed by atoms with van der Waals surface area (Å²) in [4.78, 5) is 15.3. The van der Waals surface area contributed by atoms with Crippen LogP contribution in [0.1, 0.15) is 21.6 Å². The van der Waals surface area contributed by atoms with E-state index in [0.29, 0.717) is 28.8 Å². The molecule has 0 radical (unpaired) electrons. The molecule has 110 valence electrons. The molecule has 1 heterocycles. The summed E-state index contributed by atoms with van der Waals surface area (Å²) in [6.45, 7) is 2.13. The first-order valence-corrected chi connectivity index (χ1v) is 6.66. The van der Waals surface area contributed by atoms with Gasteiger partial charge in [-0.25, -0.2) is 9.78 Å². The topological polar surface area (TPSA) is 71.5 Å². The van der Waals surface area contributed by atoms with Gasteiger partial charge >= 0.3 is 5.97 Å². The third kappa shape index (κ3) is 3.64. The van der Waals surface area contributed by atoms with E-state index in [2.05, 4.69) is 10.3 Å². The number of pyridine rings is 1. The number of benzene rings is 1. The molecule has 0 aliphatic carbocycles. The number of hydrogen-bond donors (Lipinski definition) is 2. The second-order valence-electron chi connectivity index (χ2n) is 4.46. The molecule has 2 rings (SSSR count). The van der Waals surface area contributed by atoms with Crippen LogP contribution in [0.2, 0.25) is 5.02 Å². The lowest BCUT2D eigenvalue weighted by molar-refractivity contribution is 0.0696. The van der Waals surface area contributed by atoms with Gasteiger partial charge in [0, 0.05) is 22.8 Å². The van der Waals surface area contributed by atoms with Gasteiger partial charge in [0.2, 0.25) is 0 Å². The Hall–Kier alpha value is -2.27. The number of anilines is 1. The lowest BCUT2D eigenvalue weighted by atomic mass is 10.2. The van der Waals surface area contributed by atoms with E-state index in [-0.39, 0.29) is 5.56 Å². The molecule has 0 amide bonds. The van der Waals surface area contributed by atoms with Gasteiger partial charge < -0.3 is 15.2 Å². The van der Waals surface area contributed by atoms with Gasteiger partial charge in [-0.3, -0.25) is 0 Å². The van der Waals surface area contributed by atoms with Crippen molar-refractivity contribution in [3.8, 4) is 5.75 Å². The van der Waals surface area contributed by atoms with E-state index in [1.807, 2.05) is 6.07 Å². The predicted octanol–water partition coefficient (Wildman–Crippen LogP) is 3.36. The number of ether oxygens (including phenoxy) is 1. The smallest absolute Gasteiger partial charge is 0.335 e. The number of aryl methyl sites for hydroxylation is 1. The minimum absolute atomic E-state index is 0.191. The van der Waals surface area contributed by atoms with Crippen molar-refractivity contribution in [1.82, 2.24) is 4.98 Å². The van der Waals surface area contributed by atoms with Gasteiger partial charge in [-0.15, -0.1) is 0 Å². The fourth-order valence-corrected chi connectivity index (χ4v) is 2.20. The quantitative estimate of drug-likeness (QED) is 0.886. The van der Waals surface area contributed by atoms with Crippen LogP contribution in [-0.4, -0.2) is 23.2 Å². The fraction of sp³-hybridized carbons (Fsp3) is 0.200. The highest BCUT2D eigenvalue weighted by Gasteiger charge is 2.10. The summed E-state index contributed by atoms with van der Waals surface area (Å²) in [7, 11) is 1.57. The maximum absolute atomic E-state index is 11.0. The summed E-state index contributed by atoms with van der Waals surface area (Å²) < 4.78 is 5.26. The molecule has 0 aliphatic rings. The molecule has 0 saturated carbocycles. The lowest BCUT2D eigenvalue weighted by Gasteiger charge is -2.12. The molecule has 0 unspecified atom stereocenters. The third-order valence-electron chi connectivity index (χ3n) is 2.94. The van der Waals surface area contributed by atoms with Crippen LogP contribution in [0.25, 0.3) is 0 Å². The fourth-order valence-electron chi connectivity index (χ4n) is 1.96. The second kappa shape index (κ2) is 6.45. The zero-order chi connectivity index (χ0) is 15.4. The van der Waals surface area contributed by atoms with Gasteiger partial charge in [0.05, 0.1) is 12.7 Å². The Kier molecular flexibility index (Phi) is 4.65. The number of carboxylic acid groups (broad SMARTS) is 1. The average Bonchev–Trinajstić information content (AvgIpc) is 2.45. The second-order valence-corrected chi connectivity index (χ2v) is 4.87. The van der Waals surface area contributed by atoms with E-state index < -0.39 is 5.97 Å². The number of aromatic nitrogens is 1. The number of nitrogens with zero attached hydrogens (tertiary/aromatic N) is 1. The first-order valence-electron chi connectivity index (χ1n) is 6.28. The molecule has 6 heteroatoms. The number of carbonyl (C=O) groups is 1. The van der Waals surface area contributed by atoms with Gasteiger partial charge in [0.25, 0.3) is 0 Å². The van der Waals surface area contributed by atoms with E-state index in [0.717, 1.165) is 5.56 Å². The van der Waals surface area contributed by atoms with Crippen LogP contribution < -0.4 is 10.1 Å². The highest BCUT2D eigenvalue weighted by atomic mass is 35.5. The maximum atomic E-state index is 11.0. The van der Waals surface area contributed by atoms with Crippen molar-refractivity contribution in [2.45, 2.75) is 13.5 Å². The standard InChI is InChI=1S/C15H15ClN2O3/c1-9-6-10(15(19)20)7-14(18-9)17-8-11-12(16)4-3-5-13(11)21-2/h3-7H,8H2,1-2H3,(H,17,18)(H,19,20). The molecule has 5 nitrogen and oxygen atoms in total. The molecular formula is C15H15ClN2O3. The largest absolute Gasteiger partial charge is 0.496 e. The summed E-state index contributed by atoms with van der Waals surface area (Å²) in [6, 6.07) is 8.39. The van der Waals surface area contributed by atoms with Crippen LogP contribution in [0.5, 0.6) is 5.75 Å². The molecule has 0 fully saturated rings. The van der Waals surface area contributed by atoms with Crippen molar-refractivity contribution in [1.29, 1.82) is 0 Å². The van der Waals surface area contributed by atoms with E-state index in [4.69, 9.17) is 21.4 Å². The molecule has 0 saturated heterocycles. The molecule has 0 atom stereocenters. The number of aromatic carboxylic acids is 1. The van der Waals surface area contributed by atoms with Crippen molar-refractivity contribution in [3.05, 3.63) is 52.2 Å². The summed E-state index contributed by atoms with van der Waals surface area (Å²) in [5.74, 6) is 0.161. The van der Waals surface area contributed by atoms with Crippen LogP contribution >= 0.6 is 11.6 Å². The molecule has 1 aromatic carbocycles. The Bertz CT molecular complexity index is 674. The predicted molar refractivity (Wildman–Crippen MR) is 81.3 cm³/mol. The van der Waals surface area contributed by atoms with Crippen LogP contribution in [0.15, 0.2) is 30.3 Å². The summed E-state index contributed by atoms with van der Waals surface area (Å²) in [6.07, 6.45) is 0. The van der Waals surface area contributed by atoms with Gasteiger partial charge in [-0.2, -0.15) is 0 Å². The van der Waals surface area contributed by atoms with Crippen molar-refractivity contribution in [2.75, 3.05) is 12.4 Å². The number of halogens is 1. The van der Waals surface area contributed by atoms with Crippen molar-refractivity contribution in [2.24, 2.45) is 0 Å². The summed E-state index contributed by atoms with van der Waals surface area (Å²) in [5, 5.41) is 12.7. The number of nitrogens with one attached hydrogen (secondary N) is 1. The Balaban J connectivity index is 2.23. The van der Waals surface area contributed by atoms with Gasteiger partial charge in [-0.05, 0) is 31.2 Å². The third-order valence-corrected chi connectivity index (χ3v) is 3.30. The SMILES string of the molecule is COc1cccc(Cl)c1CNc1cc(C(=O)O)cc(C)n1. The molecule has 2 N–H and O–H groups in total. The average molecular weight is 307 g/mol. The lowest BCUT2D eigenvalue weighted by Crippen LogP contribution is -2.06.